The van der Waals surface area contributed by atoms with Crippen LogP contribution in [-0.4, -0.2) is 10.2 Å². The van der Waals surface area contributed by atoms with Crippen LogP contribution in [0.2, 0.25) is 0 Å². The lowest BCUT2D eigenvalue weighted by Crippen LogP contribution is -1.89. The van der Waals surface area contributed by atoms with E-state index in [4.69, 9.17) is 0 Å². The third kappa shape index (κ3) is 1.60. The summed E-state index contributed by atoms with van der Waals surface area (Å²) in [5.41, 5.74) is 4.09. The van der Waals surface area contributed by atoms with E-state index in [-0.39, 0.29) is 0 Å². The van der Waals surface area contributed by atoms with Crippen molar-refractivity contribution in [3.63, 3.8) is 0 Å². The Morgan fingerprint density at radius 2 is 2.00 bits per heavy atom. The second kappa shape index (κ2) is 3.05. The van der Waals surface area contributed by atoms with Crippen LogP contribution < -0.4 is 0 Å². The van der Waals surface area contributed by atoms with Crippen LogP contribution >= 0.6 is 0 Å². The molecule has 0 radical (unpaired) electrons. The van der Waals surface area contributed by atoms with Crippen molar-refractivity contribution in [2.45, 2.75) is 13.8 Å². The van der Waals surface area contributed by atoms with Crippen molar-refractivity contribution >= 4 is 15.4 Å². The van der Waals surface area contributed by atoms with E-state index in [1.807, 2.05) is 0 Å². The maximum Gasteiger partial charge on any atom is 0.0385 e. The van der Waals surface area contributed by atoms with E-state index in [2.05, 4.69) is 38.6 Å². The minimum Gasteiger partial charge on any atom is -0.100 e. The van der Waals surface area contributed by atoms with E-state index in [0.717, 1.165) is 10.2 Å². The van der Waals surface area contributed by atoms with Gasteiger partial charge >= 0.3 is 0 Å². The molecule has 0 aliphatic carbocycles. The second-order valence-corrected chi connectivity index (χ2v) is 4.23. The van der Waals surface area contributed by atoms with Gasteiger partial charge < -0.3 is 0 Å². The van der Waals surface area contributed by atoms with Gasteiger partial charge in [-0.2, -0.15) is 0 Å². The van der Waals surface area contributed by atoms with Gasteiger partial charge in [0.2, 0.25) is 0 Å². The quantitative estimate of drug-likeness (QED) is 0.551. The van der Waals surface area contributed by atoms with E-state index < -0.39 is 0 Å². The summed E-state index contributed by atoms with van der Waals surface area (Å²) in [6, 6.07) is 6.39. The fourth-order valence-corrected chi connectivity index (χ4v) is 1.76. The van der Waals surface area contributed by atoms with Crippen LogP contribution in [0.15, 0.2) is 24.8 Å². The van der Waals surface area contributed by atoms with Crippen molar-refractivity contribution in [1.82, 2.24) is 0 Å². The number of hydrogen-bond acceptors (Lipinski definition) is 0. The van der Waals surface area contributed by atoms with E-state index in [9.17, 15) is 0 Å². The number of aryl methyl sites for hydroxylation is 1. The minimum atomic E-state index is 1.06. The molecule has 0 aromatic heterocycles. The monoisotopic (exact) mass is 162 g/mol. The number of hydrogen-bond donors (Lipinski definition) is 0. The molecule has 11 heavy (non-hydrogen) atoms. The van der Waals surface area contributed by atoms with Gasteiger partial charge in [-0.15, -0.1) is 6.58 Å². The van der Waals surface area contributed by atoms with Crippen LogP contribution in [0.25, 0.3) is 5.20 Å². The molecule has 0 spiro atoms. The number of rotatable bonds is 1. The summed E-state index contributed by atoms with van der Waals surface area (Å²) < 4.78 is 0. The number of benzene rings is 1. The molecule has 0 N–H and O–H groups in total. The lowest BCUT2D eigenvalue weighted by molar-refractivity contribution is 1.32. The summed E-state index contributed by atoms with van der Waals surface area (Å²) in [7, 11) is 1.06. The van der Waals surface area contributed by atoms with Crippen molar-refractivity contribution in [1.29, 1.82) is 0 Å². The average molecular weight is 162 g/mol. The first-order valence-corrected chi connectivity index (χ1v) is 4.85. The molecule has 0 fully saturated rings. The maximum atomic E-state index is 3.99. The molecule has 1 aromatic carbocycles. The van der Waals surface area contributed by atoms with E-state index in [1.165, 1.54) is 21.9 Å². The average Bonchev–Trinajstić information content (AvgIpc) is 1.94. The molecule has 0 heterocycles. The Morgan fingerprint density at radius 3 is 2.45 bits per heavy atom. The van der Waals surface area contributed by atoms with Crippen LogP contribution in [0, 0.1) is 13.8 Å². The van der Waals surface area contributed by atoms with Crippen molar-refractivity contribution in [2.24, 2.45) is 0 Å². The van der Waals surface area contributed by atoms with E-state index in [0.29, 0.717) is 0 Å². The van der Waals surface area contributed by atoms with Crippen LogP contribution in [0.3, 0.4) is 0 Å². The predicted octanol–water partition coefficient (Wildman–Crippen LogP) is 1.64. The zero-order valence-corrected chi connectivity index (χ0v) is 9.44. The van der Waals surface area contributed by atoms with Crippen molar-refractivity contribution < 1.29 is 0 Å². The standard InChI is InChI=1S/C10H14Si/c1-7-5-4-6-10(8(7)2)9(3)11/h4-6H,3H2,1-2,11H3. The highest BCUT2D eigenvalue weighted by Gasteiger charge is 1.98. The van der Waals surface area contributed by atoms with E-state index in [1.54, 1.807) is 0 Å². The van der Waals surface area contributed by atoms with Gasteiger partial charge in [0.15, 0.2) is 0 Å². The van der Waals surface area contributed by atoms with Crippen LogP contribution in [0.5, 0.6) is 0 Å². The summed E-state index contributed by atoms with van der Waals surface area (Å²) in [6.45, 7) is 8.29. The maximum absolute atomic E-state index is 3.99. The Labute approximate surface area is 71.4 Å². The molecule has 0 atom stereocenters. The molecule has 0 saturated heterocycles. The fraction of sp³-hybridized carbons (Fsp3) is 0.200. The first-order chi connectivity index (χ1) is 5.13. The molecule has 0 bridgehead atoms. The Bertz CT molecular complexity index is 287. The summed E-state index contributed by atoms with van der Waals surface area (Å²) >= 11 is 0. The predicted molar refractivity (Wildman–Crippen MR) is 54.9 cm³/mol. The van der Waals surface area contributed by atoms with Gasteiger partial charge in [-0.3, -0.25) is 0 Å². The molecular weight excluding hydrogens is 148 g/mol. The fourth-order valence-electron chi connectivity index (χ4n) is 1.21. The Morgan fingerprint density at radius 1 is 1.36 bits per heavy atom. The summed E-state index contributed by atoms with van der Waals surface area (Å²) in [6.07, 6.45) is 0. The van der Waals surface area contributed by atoms with Gasteiger partial charge in [-0.1, -0.05) is 23.4 Å². The summed E-state index contributed by atoms with van der Waals surface area (Å²) in [4.78, 5) is 0. The zero-order chi connectivity index (χ0) is 8.43. The van der Waals surface area contributed by atoms with Gasteiger partial charge in [0.25, 0.3) is 0 Å². The van der Waals surface area contributed by atoms with Gasteiger partial charge in [0.1, 0.15) is 0 Å². The van der Waals surface area contributed by atoms with Crippen molar-refractivity contribution in [2.75, 3.05) is 0 Å². The minimum absolute atomic E-state index is 1.06. The zero-order valence-electron chi connectivity index (χ0n) is 7.44. The van der Waals surface area contributed by atoms with Crippen LogP contribution in [0.4, 0.5) is 0 Å². The molecule has 1 rings (SSSR count). The van der Waals surface area contributed by atoms with Crippen LogP contribution in [0.1, 0.15) is 16.7 Å². The summed E-state index contributed by atoms with van der Waals surface area (Å²) in [5.74, 6) is 0. The lowest BCUT2D eigenvalue weighted by Gasteiger charge is -2.06. The molecule has 0 aliphatic rings. The van der Waals surface area contributed by atoms with Gasteiger partial charge in [-0.05, 0) is 30.5 Å². The summed E-state index contributed by atoms with van der Waals surface area (Å²) in [5, 5.41) is 1.28. The molecule has 0 unspecified atom stereocenters. The Kier molecular flexibility index (Phi) is 2.30. The lowest BCUT2D eigenvalue weighted by atomic mass is 10.0. The molecule has 0 aliphatic heterocycles. The first-order valence-electron chi connectivity index (χ1n) is 3.85. The molecular formula is C10H14Si. The Hall–Kier alpha value is -0.823. The van der Waals surface area contributed by atoms with Crippen LogP contribution in [-0.2, 0) is 0 Å². The highest BCUT2D eigenvalue weighted by Crippen LogP contribution is 2.17. The molecule has 0 nitrogen and oxygen atoms in total. The molecule has 1 heteroatoms. The second-order valence-electron chi connectivity index (χ2n) is 3.03. The third-order valence-corrected chi connectivity index (χ3v) is 2.60. The normalized spacial score (nSPS) is 10.0. The SMILES string of the molecule is C=C([SiH3])c1cccc(C)c1C. The Balaban J connectivity index is 3.27. The topological polar surface area (TPSA) is 0 Å². The van der Waals surface area contributed by atoms with Crippen molar-refractivity contribution in [3.8, 4) is 0 Å². The molecule has 0 amide bonds. The van der Waals surface area contributed by atoms with E-state index >= 15 is 0 Å². The molecule has 58 valence electrons. The largest absolute Gasteiger partial charge is 0.100 e. The van der Waals surface area contributed by atoms with Gasteiger partial charge in [0.05, 0.1) is 0 Å². The molecule has 1 aromatic rings. The van der Waals surface area contributed by atoms with Gasteiger partial charge in [0, 0.05) is 10.2 Å². The first kappa shape index (κ1) is 8.28. The molecule has 0 saturated carbocycles. The van der Waals surface area contributed by atoms with Crippen molar-refractivity contribution in [3.05, 3.63) is 41.5 Å². The van der Waals surface area contributed by atoms with Gasteiger partial charge in [-0.25, -0.2) is 0 Å². The smallest absolute Gasteiger partial charge is 0.0385 e. The highest BCUT2D eigenvalue weighted by molar-refractivity contribution is 6.41. The highest BCUT2D eigenvalue weighted by atomic mass is 28.1. The third-order valence-electron chi connectivity index (χ3n) is 2.06.